The number of carbonyl (C=O) groups is 3. The molecule has 3 aromatic rings. The van der Waals surface area contributed by atoms with Gasteiger partial charge in [0.05, 0.1) is 37.4 Å². The van der Waals surface area contributed by atoms with E-state index in [2.05, 4.69) is 10.3 Å². The maximum absolute atomic E-state index is 13.7. The quantitative estimate of drug-likeness (QED) is 0.463. The van der Waals surface area contributed by atoms with Crippen LogP contribution in [0.15, 0.2) is 55.1 Å². The van der Waals surface area contributed by atoms with Gasteiger partial charge in [0.25, 0.3) is 11.8 Å². The Bertz CT molecular complexity index is 1310. The minimum absolute atomic E-state index is 0.111. The molecular formula is C26H27N5O5. The summed E-state index contributed by atoms with van der Waals surface area (Å²) in [6.45, 7) is 1.42. The van der Waals surface area contributed by atoms with Gasteiger partial charge in [-0.15, -0.1) is 0 Å². The molecule has 2 aliphatic rings. The van der Waals surface area contributed by atoms with Gasteiger partial charge in [-0.25, -0.2) is 4.98 Å². The number of aromatic nitrogens is 2. The highest BCUT2D eigenvalue weighted by molar-refractivity contribution is 6.18. The fourth-order valence-corrected chi connectivity index (χ4v) is 4.87. The molecular weight excluding hydrogens is 462 g/mol. The molecule has 0 radical (unpaired) electrons. The van der Waals surface area contributed by atoms with Crippen LogP contribution < -0.4 is 19.7 Å². The second-order valence-electron chi connectivity index (χ2n) is 8.58. The number of nitrogens with one attached hydrogen (secondary N) is 1. The standard InChI is InChI=1S/C26H27N5O5/c1-35-20-9-8-18-22(23(20)36-2)26(34)31-19-7-4-3-6-17(19)25(33)30(24(18)31)14-10-21(32)28-11-5-13-29-15-12-27-16-29/h3-4,6-9,12,15-16,24H,5,10-11,13-14H2,1-2H3,(H,28,32). The van der Waals surface area contributed by atoms with Crippen molar-refractivity contribution in [2.75, 3.05) is 32.2 Å². The lowest BCUT2D eigenvalue weighted by Crippen LogP contribution is -2.49. The van der Waals surface area contributed by atoms with Crippen LogP contribution in [0.25, 0.3) is 0 Å². The third-order valence-corrected chi connectivity index (χ3v) is 6.54. The van der Waals surface area contributed by atoms with E-state index in [1.165, 1.54) is 14.2 Å². The molecule has 0 saturated heterocycles. The Morgan fingerprint density at radius 3 is 2.64 bits per heavy atom. The lowest BCUT2D eigenvalue weighted by atomic mass is 10.0. The van der Waals surface area contributed by atoms with E-state index in [4.69, 9.17) is 9.47 Å². The highest BCUT2D eigenvalue weighted by atomic mass is 16.5. The highest BCUT2D eigenvalue weighted by Crippen LogP contribution is 2.49. The van der Waals surface area contributed by atoms with Gasteiger partial charge < -0.3 is 24.3 Å². The molecule has 186 valence electrons. The number of benzene rings is 2. The Kier molecular flexibility index (Phi) is 6.32. The normalized spacial score (nSPS) is 15.9. The number of para-hydroxylation sites is 1. The van der Waals surface area contributed by atoms with Gasteiger partial charge in [-0.3, -0.25) is 19.3 Å². The maximum Gasteiger partial charge on any atom is 0.264 e. The van der Waals surface area contributed by atoms with E-state index in [1.54, 1.807) is 58.7 Å². The monoisotopic (exact) mass is 489 g/mol. The molecule has 10 heteroatoms. The summed E-state index contributed by atoms with van der Waals surface area (Å²) in [7, 11) is 2.99. The Balaban J connectivity index is 1.38. The Morgan fingerprint density at radius 1 is 1.06 bits per heavy atom. The topological polar surface area (TPSA) is 106 Å². The first kappa shape index (κ1) is 23.4. The number of hydrogen-bond donors (Lipinski definition) is 1. The van der Waals surface area contributed by atoms with Gasteiger partial charge in [0.1, 0.15) is 6.17 Å². The molecule has 10 nitrogen and oxygen atoms in total. The van der Waals surface area contributed by atoms with Crippen LogP contribution >= 0.6 is 0 Å². The van der Waals surface area contributed by atoms with Gasteiger partial charge in [-0.05, 0) is 24.6 Å². The molecule has 0 saturated carbocycles. The van der Waals surface area contributed by atoms with E-state index in [0.717, 1.165) is 13.0 Å². The predicted molar refractivity (Wildman–Crippen MR) is 131 cm³/mol. The number of carbonyl (C=O) groups excluding carboxylic acids is 3. The van der Waals surface area contributed by atoms with Gasteiger partial charge in [-0.2, -0.15) is 0 Å². The van der Waals surface area contributed by atoms with Gasteiger partial charge in [0.2, 0.25) is 5.91 Å². The zero-order valence-electron chi connectivity index (χ0n) is 20.1. The number of nitrogens with zero attached hydrogens (tertiary/aromatic N) is 4. The van der Waals surface area contributed by atoms with Crippen molar-refractivity contribution >= 4 is 23.4 Å². The van der Waals surface area contributed by atoms with Crippen molar-refractivity contribution in [3.05, 3.63) is 71.8 Å². The van der Waals surface area contributed by atoms with Gasteiger partial charge in [-0.1, -0.05) is 18.2 Å². The number of hydrogen-bond acceptors (Lipinski definition) is 6. The van der Waals surface area contributed by atoms with Crippen molar-refractivity contribution in [3.63, 3.8) is 0 Å². The molecule has 1 atom stereocenters. The van der Waals surface area contributed by atoms with Crippen LogP contribution in [0.1, 0.15) is 45.3 Å². The summed E-state index contributed by atoms with van der Waals surface area (Å²) in [5.41, 5.74) is 1.96. The lowest BCUT2D eigenvalue weighted by Gasteiger charge is -2.40. The van der Waals surface area contributed by atoms with Crippen LogP contribution in [-0.2, 0) is 11.3 Å². The maximum atomic E-state index is 13.7. The molecule has 3 amide bonds. The predicted octanol–water partition coefficient (Wildman–Crippen LogP) is 2.61. The zero-order chi connectivity index (χ0) is 25.2. The first-order valence-electron chi connectivity index (χ1n) is 11.8. The number of anilines is 1. The molecule has 0 bridgehead atoms. The number of fused-ring (bicyclic) bond motifs is 5. The van der Waals surface area contributed by atoms with Gasteiger partial charge in [0.15, 0.2) is 11.5 Å². The largest absolute Gasteiger partial charge is 0.493 e. The van der Waals surface area contributed by atoms with Crippen molar-refractivity contribution in [2.45, 2.75) is 25.6 Å². The van der Waals surface area contributed by atoms with Crippen molar-refractivity contribution in [3.8, 4) is 11.5 Å². The summed E-state index contributed by atoms with van der Waals surface area (Å²) in [5.74, 6) is 0.103. The summed E-state index contributed by atoms with van der Waals surface area (Å²) in [4.78, 5) is 47.0. The van der Waals surface area contributed by atoms with Crippen molar-refractivity contribution in [2.24, 2.45) is 0 Å². The first-order valence-corrected chi connectivity index (χ1v) is 11.8. The summed E-state index contributed by atoms with van der Waals surface area (Å²) in [5, 5.41) is 2.91. The van der Waals surface area contributed by atoms with E-state index in [1.807, 2.05) is 10.8 Å². The minimum atomic E-state index is -0.677. The highest BCUT2D eigenvalue weighted by Gasteiger charge is 2.49. The van der Waals surface area contributed by atoms with Gasteiger partial charge >= 0.3 is 0 Å². The number of amides is 3. The second kappa shape index (κ2) is 9.73. The van der Waals surface area contributed by atoms with Crippen molar-refractivity contribution < 1.29 is 23.9 Å². The third kappa shape index (κ3) is 3.94. The average Bonchev–Trinajstić information content (AvgIpc) is 3.52. The minimum Gasteiger partial charge on any atom is -0.493 e. The van der Waals surface area contributed by atoms with E-state index < -0.39 is 6.17 Å². The number of methoxy groups -OCH3 is 2. The van der Waals surface area contributed by atoms with Crippen LogP contribution in [-0.4, -0.2) is 59.5 Å². The molecule has 2 aromatic carbocycles. The Labute approximate surface area is 208 Å². The second-order valence-corrected chi connectivity index (χ2v) is 8.58. The molecule has 0 spiro atoms. The molecule has 0 aliphatic carbocycles. The van der Waals surface area contributed by atoms with Crippen LogP contribution in [0.3, 0.4) is 0 Å². The van der Waals surface area contributed by atoms with E-state index in [0.29, 0.717) is 40.4 Å². The summed E-state index contributed by atoms with van der Waals surface area (Å²) < 4.78 is 12.9. The number of aryl methyl sites for hydroxylation is 1. The molecule has 5 rings (SSSR count). The van der Waals surface area contributed by atoms with Crippen LogP contribution in [0.2, 0.25) is 0 Å². The number of rotatable bonds is 9. The lowest BCUT2D eigenvalue weighted by molar-refractivity contribution is -0.121. The summed E-state index contributed by atoms with van der Waals surface area (Å²) in [6, 6.07) is 10.5. The Morgan fingerprint density at radius 2 is 1.89 bits per heavy atom. The summed E-state index contributed by atoms with van der Waals surface area (Å²) >= 11 is 0. The van der Waals surface area contributed by atoms with Crippen LogP contribution in [0.5, 0.6) is 11.5 Å². The van der Waals surface area contributed by atoms with E-state index in [9.17, 15) is 14.4 Å². The summed E-state index contributed by atoms with van der Waals surface area (Å²) in [6.07, 6.45) is 5.52. The molecule has 1 aromatic heterocycles. The van der Waals surface area contributed by atoms with Gasteiger partial charge in [0, 0.05) is 44.0 Å². The van der Waals surface area contributed by atoms with Crippen LogP contribution in [0, 0.1) is 0 Å². The molecule has 1 N–H and O–H groups in total. The smallest absolute Gasteiger partial charge is 0.264 e. The fraction of sp³-hybridized carbons (Fsp3) is 0.308. The Hall–Kier alpha value is -4.34. The average molecular weight is 490 g/mol. The SMILES string of the molecule is COc1ccc2c(c1OC)C(=O)N1c3ccccc3C(=O)N(CCC(=O)NCCCn3ccnc3)C21. The molecule has 0 fully saturated rings. The number of ether oxygens (including phenoxy) is 2. The van der Waals surface area contributed by atoms with E-state index >= 15 is 0 Å². The fourth-order valence-electron chi connectivity index (χ4n) is 4.87. The number of imidazole rings is 1. The molecule has 3 heterocycles. The first-order chi connectivity index (χ1) is 17.5. The molecule has 2 aliphatic heterocycles. The zero-order valence-corrected chi connectivity index (χ0v) is 20.1. The van der Waals surface area contributed by atoms with E-state index in [-0.39, 0.29) is 30.7 Å². The molecule has 36 heavy (non-hydrogen) atoms. The van der Waals surface area contributed by atoms with Crippen molar-refractivity contribution in [1.29, 1.82) is 0 Å². The van der Waals surface area contributed by atoms with Crippen molar-refractivity contribution in [1.82, 2.24) is 19.8 Å². The third-order valence-electron chi connectivity index (χ3n) is 6.54. The van der Waals surface area contributed by atoms with Crippen LogP contribution in [0.4, 0.5) is 5.69 Å². The molecule has 1 unspecified atom stereocenters.